The maximum absolute atomic E-state index is 11.7. The smallest absolute Gasteiger partial charge is 0.223 e. The van der Waals surface area contributed by atoms with Crippen LogP contribution in [0.3, 0.4) is 0 Å². The summed E-state index contributed by atoms with van der Waals surface area (Å²) in [5, 5.41) is 6.42. The Hall–Kier alpha value is -0.830. The first-order chi connectivity index (χ1) is 6.86. The molecule has 0 aromatic carbocycles. The number of piperidine rings is 1. The largest absolute Gasteiger partial charge is 0.352 e. The van der Waals surface area contributed by atoms with Gasteiger partial charge in [0, 0.05) is 18.5 Å². The Morgan fingerprint density at radius 2 is 2.14 bits per heavy atom. The molecule has 78 valence electrons. The fraction of sp³-hybridized carbons (Fsp3) is 0.727. The normalized spacial score (nSPS) is 27.9. The molecule has 0 radical (unpaired) electrons. The van der Waals surface area contributed by atoms with Crippen LogP contribution in [0.15, 0.2) is 12.2 Å². The van der Waals surface area contributed by atoms with Crippen molar-refractivity contribution in [2.75, 3.05) is 13.1 Å². The summed E-state index contributed by atoms with van der Waals surface area (Å²) in [4.78, 5) is 11.7. The summed E-state index contributed by atoms with van der Waals surface area (Å²) in [6.07, 6.45) is 8.34. The van der Waals surface area contributed by atoms with E-state index in [0.29, 0.717) is 6.04 Å². The van der Waals surface area contributed by atoms with Crippen LogP contribution in [0.2, 0.25) is 0 Å². The van der Waals surface area contributed by atoms with E-state index in [1.807, 2.05) is 0 Å². The molecule has 0 aromatic rings. The van der Waals surface area contributed by atoms with E-state index >= 15 is 0 Å². The summed E-state index contributed by atoms with van der Waals surface area (Å²) < 4.78 is 0. The van der Waals surface area contributed by atoms with Crippen molar-refractivity contribution in [2.45, 2.75) is 31.7 Å². The van der Waals surface area contributed by atoms with Crippen LogP contribution in [-0.4, -0.2) is 25.0 Å². The third-order valence-corrected chi connectivity index (χ3v) is 3.02. The molecule has 0 aromatic heterocycles. The van der Waals surface area contributed by atoms with Gasteiger partial charge in [-0.1, -0.05) is 12.2 Å². The predicted octanol–water partition coefficient (Wildman–Crippen LogP) is 0.821. The van der Waals surface area contributed by atoms with E-state index in [-0.39, 0.29) is 11.8 Å². The van der Waals surface area contributed by atoms with Crippen LogP contribution in [0.4, 0.5) is 0 Å². The first-order valence-electron chi connectivity index (χ1n) is 5.52. The molecule has 3 heteroatoms. The Balaban J connectivity index is 1.75. The van der Waals surface area contributed by atoms with E-state index in [1.54, 1.807) is 0 Å². The van der Waals surface area contributed by atoms with Gasteiger partial charge >= 0.3 is 0 Å². The van der Waals surface area contributed by atoms with Crippen LogP contribution in [0.1, 0.15) is 25.7 Å². The molecule has 1 fully saturated rings. The van der Waals surface area contributed by atoms with Gasteiger partial charge in [-0.3, -0.25) is 4.79 Å². The van der Waals surface area contributed by atoms with E-state index in [9.17, 15) is 4.79 Å². The Morgan fingerprint density at radius 3 is 2.79 bits per heavy atom. The SMILES string of the molecule is O=C(N[C@@H]1CCCNC1)C1CC=CC1. The van der Waals surface area contributed by atoms with Gasteiger partial charge in [0.25, 0.3) is 0 Å². The molecule has 0 bridgehead atoms. The van der Waals surface area contributed by atoms with E-state index in [1.165, 1.54) is 6.42 Å². The monoisotopic (exact) mass is 194 g/mol. The zero-order valence-electron chi connectivity index (χ0n) is 8.46. The molecule has 0 spiro atoms. The van der Waals surface area contributed by atoms with E-state index in [2.05, 4.69) is 22.8 Å². The maximum Gasteiger partial charge on any atom is 0.223 e. The topological polar surface area (TPSA) is 41.1 Å². The lowest BCUT2D eigenvalue weighted by Crippen LogP contribution is -2.47. The van der Waals surface area contributed by atoms with E-state index in [4.69, 9.17) is 0 Å². The molecular weight excluding hydrogens is 176 g/mol. The number of hydrogen-bond donors (Lipinski definition) is 2. The summed E-state index contributed by atoms with van der Waals surface area (Å²) in [6, 6.07) is 0.358. The van der Waals surface area contributed by atoms with Crippen molar-refractivity contribution in [3.63, 3.8) is 0 Å². The lowest BCUT2D eigenvalue weighted by molar-refractivity contribution is -0.125. The van der Waals surface area contributed by atoms with Crippen LogP contribution in [0.25, 0.3) is 0 Å². The van der Waals surface area contributed by atoms with Crippen molar-refractivity contribution in [2.24, 2.45) is 5.92 Å². The molecule has 0 saturated carbocycles. The molecule has 2 rings (SSSR count). The molecular formula is C11H18N2O. The molecule has 2 aliphatic rings. The quantitative estimate of drug-likeness (QED) is 0.639. The molecule has 1 saturated heterocycles. The lowest BCUT2D eigenvalue weighted by Gasteiger charge is -2.25. The lowest BCUT2D eigenvalue weighted by atomic mass is 10.0. The summed E-state index contributed by atoms with van der Waals surface area (Å²) in [7, 11) is 0. The van der Waals surface area contributed by atoms with Gasteiger partial charge in [0.2, 0.25) is 5.91 Å². The molecule has 1 aliphatic heterocycles. The van der Waals surface area contributed by atoms with Crippen molar-refractivity contribution in [3.8, 4) is 0 Å². The van der Waals surface area contributed by atoms with Gasteiger partial charge in [0.15, 0.2) is 0 Å². The Morgan fingerprint density at radius 1 is 1.36 bits per heavy atom. The third-order valence-electron chi connectivity index (χ3n) is 3.02. The second-order valence-corrected chi connectivity index (χ2v) is 4.19. The van der Waals surface area contributed by atoms with Gasteiger partial charge in [0.1, 0.15) is 0 Å². The van der Waals surface area contributed by atoms with Gasteiger partial charge in [-0.15, -0.1) is 0 Å². The van der Waals surface area contributed by atoms with Crippen molar-refractivity contribution in [3.05, 3.63) is 12.2 Å². The van der Waals surface area contributed by atoms with Crippen LogP contribution >= 0.6 is 0 Å². The van der Waals surface area contributed by atoms with Gasteiger partial charge in [-0.2, -0.15) is 0 Å². The predicted molar refractivity (Wildman–Crippen MR) is 55.9 cm³/mol. The van der Waals surface area contributed by atoms with Gasteiger partial charge in [0.05, 0.1) is 0 Å². The number of carbonyl (C=O) groups excluding carboxylic acids is 1. The fourth-order valence-corrected chi connectivity index (χ4v) is 2.13. The maximum atomic E-state index is 11.7. The van der Waals surface area contributed by atoms with E-state index < -0.39 is 0 Å². The van der Waals surface area contributed by atoms with Gasteiger partial charge in [-0.25, -0.2) is 0 Å². The summed E-state index contributed by atoms with van der Waals surface area (Å²) in [5.41, 5.74) is 0. The minimum Gasteiger partial charge on any atom is -0.352 e. The number of allylic oxidation sites excluding steroid dienone is 2. The highest BCUT2D eigenvalue weighted by Gasteiger charge is 2.22. The van der Waals surface area contributed by atoms with Gasteiger partial charge in [-0.05, 0) is 32.2 Å². The Bertz CT molecular complexity index is 223. The van der Waals surface area contributed by atoms with Crippen LogP contribution in [-0.2, 0) is 4.79 Å². The summed E-state index contributed by atoms with van der Waals surface area (Å²) in [5.74, 6) is 0.445. The molecule has 0 unspecified atom stereocenters. The molecule has 1 amide bonds. The second kappa shape index (κ2) is 4.60. The Labute approximate surface area is 84.9 Å². The van der Waals surface area contributed by atoms with Crippen LogP contribution < -0.4 is 10.6 Å². The zero-order chi connectivity index (χ0) is 9.80. The minimum absolute atomic E-state index is 0.205. The van der Waals surface area contributed by atoms with Crippen molar-refractivity contribution >= 4 is 5.91 Å². The highest BCUT2D eigenvalue weighted by Crippen LogP contribution is 2.18. The highest BCUT2D eigenvalue weighted by molar-refractivity contribution is 5.79. The number of rotatable bonds is 2. The molecule has 3 nitrogen and oxygen atoms in total. The fourth-order valence-electron chi connectivity index (χ4n) is 2.13. The first kappa shape index (κ1) is 9.71. The van der Waals surface area contributed by atoms with Crippen LogP contribution in [0, 0.1) is 5.92 Å². The molecule has 1 atom stereocenters. The summed E-state index contributed by atoms with van der Waals surface area (Å²) >= 11 is 0. The standard InChI is InChI=1S/C11H18N2O/c14-11(9-4-1-2-5-9)13-10-6-3-7-12-8-10/h1-2,9-10,12H,3-8H2,(H,13,14)/t10-/m1/s1. The summed E-state index contributed by atoms with van der Waals surface area (Å²) in [6.45, 7) is 2.03. The third kappa shape index (κ3) is 2.35. The number of hydrogen-bond acceptors (Lipinski definition) is 2. The average molecular weight is 194 g/mol. The number of carbonyl (C=O) groups is 1. The highest BCUT2D eigenvalue weighted by atomic mass is 16.1. The Kier molecular flexibility index (Phi) is 3.19. The van der Waals surface area contributed by atoms with E-state index in [0.717, 1.165) is 32.4 Å². The molecule has 14 heavy (non-hydrogen) atoms. The molecule has 1 heterocycles. The minimum atomic E-state index is 0.205. The van der Waals surface area contributed by atoms with Crippen LogP contribution in [0.5, 0.6) is 0 Å². The van der Waals surface area contributed by atoms with Crippen molar-refractivity contribution in [1.29, 1.82) is 0 Å². The number of amides is 1. The molecule has 1 aliphatic carbocycles. The van der Waals surface area contributed by atoms with Crippen molar-refractivity contribution in [1.82, 2.24) is 10.6 Å². The first-order valence-corrected chi connectivity index (χ1v) is 5.52. The molecule has 2 N–H and O–H groups in total. The number of nitrogens with one attached hydrogen (secondary N) is 2. The zero-order valence-corrected chi connectivity index (χ0v) is 8.46. The van der Waals surface area contributed by atoms with Gasteiger partial charge < -0.3 is 10.6 Å². The second-order valence-electron chi connectivity index (χ2n) is 4.19. The average Bonchev–Trinajstić information content (AvgIpc) is 2.72. The van der Waals surface area contributed by atoms with Crippen molar-refractivity contribution < 1.29 is 4.79 Å².